The van der Waals surface area contributed by atoms with E-state index in [4.69, 9.17) is 4.99 Å². The fourth-order valence-electron chi connectivity index (χ4n) is 6.27. The van der Waals surface area contributed by atoms with Gasteiger partial charge in [0.25, 0.3) is 0 Å². The number of aliphatic imine (C=N–C) groups is 1. The van der Waals surface area contributed by atoms with Crippen molar-refractivity contribution in [2.75, 3.05) is 32.7 Å². The number of thioether (sulfide) groups is 1. The molecule has 3 nitrogen and oxygen atoms in total. The second-order valence-corrected chi connectivity index (χ2v) is 11.6. The molecule has 0 amide bonds. The zero-order chi connectivity index (χ0) is 21.8. The standard InChI is InChI=1S/C28H41N3S/c1-22-5-4-6-24(12-9-22)25-13-10-23(21-25)11-14-27-15-16-29-28(32-27)31-19-17-30(18-20-31)26-7-2-3-8-26/h4-6,9,12,15,22-23,25-26H,2-3,7-8,10-11,13-14,16-21H2,1H3. The van der Waals surface area contributed by atoms with Crippen molar-refractivity contribution in [2.24, 2.45) is 22.7 Å². The zero-order valence-corrected chi connectivity index (χ0v) is 20.7. The summed E-state index contributed by atoms with van der Waals surface area (Å²) in [5.41, 5.74) is 1.56. The largest absolute Gasteiger partial charge is 0.349 e. The molecule has 174 valence electrons. The predicted octanol–water partition coefficient (Wildman–Crippen LogP) is 6.42. The second-order valence-electron chi connectivity index (χ2n) is 10.5. The SMILES string of the molecule is CC1C=CC=C(C2CCC(CCC3=CCN=C(N4CCN(C5CCCC5)CC4)S3)C2)C=C1. The molecule has 0 aromatic rings. The lowest BCUT2D eigenvalue weighted by Crippen LogP contribution is -2.51. The van der Waals surface area contributed by atoms with E-state index in [-0.39, 0.29) is 0 Å². The molecule has 0 bridgehead atoms. The van der Waals surface area contributed by atoms with Gasteiger partial charge in [-0.05, 0) is 73.2 Å². The topological polar surface area (TPSA) is 18.8 Å². The minimum atomic E-state index is 0.567. The van der Waals surface area contributed by atoms with E-state index in [1.807, 2.05) is 11.8 Å². The van der Waals surface area contributed by atoms with E-state index in [0.29, 0.717) is 5.92 Å². The van der Waals surface area contributed by atoms with E-state index in [1.54, 1.807) is 10.5 Å². The zero-order valence-electron chi connectivity index (χ0n) is 19.9. The first-order valence-electron chi connectivity index (χ1n) is 13.2. The van der Waals surface area contributed by atoms with Crippen LogP contribution in [-0.4, -0.2) is 53.7 Å². The molecule has 1 saturated heterocycles. The number of allylic oxidation sites excluding steroid dienone is 7. The number of piperazine rings is 1. The molecular formula is C28H41N3S. The Morgan fingerprint density at radius 2 is 1.88 bits per heavy atom. The van der Waals surface area contributed by atoms with Crippen molar-refractivity contribution in [3.8, 4) is 0 Å². The van der Waals surface area contributed by atoms with Gasteiger partial charge in [-0.3, -0.25) is 9.89 Å². The maximum atomic E-state index is 4.88. The molecule has 32 heavy (non-hydrogen) atoms. The lowest BCUT2D eigenvalue weighted by Gasteiger charge is -2.39. The molecule has 0 radical (unpaired) electrons. The van der Waals surface area contributed by atoms with Gasteiger partial charge in [0.05, 0.1) is 6.54 Å². The summed E-state index contributed by atoms with van der Waals surface area (Å²) in [6.45, 7) is 7.93. The van der Waals surface area contributed by atoms with Gasteiger partial charge in [-0.15, -0.1) is 0 Å². The van der Waals surface area contributed by atoms with Crippen LogP contribution < -0.4 is 0 Å². The van der Waals surface area contributed by atoms with Gasteiger partial charge in [-0.1, -0.05) is 68.0 Å². The number of rotatable bonds is 5. The van der Waals surface area contributed by atoms with Crippen molar-refractivity contribution >= 4 is 16.9 Å². The summed E-state index contributed by atoms with van der Waals surface area (Å²) >= 11 is 1.97. The fraction of sp³-hybridized carbons (Fsp3) is 0.679. The summed E-state index contributed by atoms with van der Waals surface area (Å²) < 4.78 is 0. The Hall–Kier alpha value is -1.26. The Balaban J connectivity index is 1.05. The molecule has 5 aliphatic rings. The van der Waals surface area contributed by atoms with Crippen molar-refractivity contribution in [2.45, 2.75) is 70.8 Å². The van der Waals surface area contributed by atoms with Gasteiger partial charge in [0, 0.05) is 32.2 Å². The highest BCUT2D eigenvalue weighted by Crippen LogP contribution is 2.40. The third-order valence-electron chi connectivity index (χ3n) is 8.30. The maximum absolute atomic E-state index is 4.88. The molecule has 5 rings (SSSR count). The minimum absolute atomic E-state index is 0.567. The molecule has 0 spiro atoms. The van der Waals surface area contributed by atoms with Crippen LogP contribution in [0.4, 0.5) is 0 Å². The molecule has 2 aliphatic heterocycles. The lowest BCUT2D eigenvalue weighted by atomic mass is 9.94. The summed E-state index contributed by atoms with van der Waals surface area (Å²) in [6, 6.07) is 0.868. The van der Waals surface area contributed by atoms with E-state index < -0.39 is 0 Å². The summed E-state index contributed by atoms with van der Waals surface area (Å²) in [6.07, 6.45) is 26.5. The van der Waals surface area contributed by atoms with E-state index in [1.165, 1.54) is 76.0 Å². The van der Waals surface area contributed by atoms with Gasteiger partial charge in [0.2, 0.25) is 0 Å². The van der Waals surface area contributed by atoms with E-state index in [2.05, 4.69) is 53.2 Å². The number of hydrogen-bond donors (Lipinski definition) is 0. The van der Waals surface area contributed by atoms with Crippen LogP contribution in [0.1, 0.15) is 64.7 Å². The normalized spacial score (nSPS) is 32.1. The van der Waals surface area contributed by atoms with Gasteiger partial charge >= 0.3 is 0 Å². The molecule has 3 unspecified atom stereocenters. The maximum Gasteiger partial charge on any atom is 0.164 e. The van der Waals surface area contributed by atoms with Gasteiger partial charge < -0.3 is 4.90 Å². The molecule has 4 heteroatoms. The van der Waals surface area contributed by atoms with Crippen LogP contribution in [0.3, 0.4) is 0 Å². The Bertz CT molecular complexity index is 793. The van der Waals surface area contributed by atoms with Crippen LogP contribution in [0.2, 0.25) is 0 Å². The highest BCUT2D eigenvalue weighted by Gasteiger charge is 2.29. The molecule has 2 heterocycles. The molecule has 3 aliphatic carbocycles. The third-order valence-corrected chi connectivity index (χ3v) is 9.50. The molecular weight excluding hydrogens is 410 g/mol. The van der Waals surface area contributed by atoms with Gasteiger partial charge in [0.15, 0.2) is 5.17 Å². The second kappa shape index (κ2) is 10.8. The van der Waals surface area contributed by atoms with E-state index in [0.717, 1.165) is 37.5 Å². The fourth-order valence-corrected chi connectivity index (χ4v) is 7.33. The van der Waals surface area contributed by atoms with Gasteiger partial charge in [-0.25, -0.2) is 0 Å². The van der Waals surface area contributed by atoms with Crippen LogP contribution in [0.5, 0.6) is 0 Å². The Morgan fingerprint density at radius 1 is 1.03 bits per heavy atom. The average molecular weight is 452 g/mol. The monoisotopic (exact) mass is 451 g/mol. The highest BCUT2D eigenvalue weighted by molar-refractivity contribution is 8.17. The van der Waals surface area contributed by atoms with Gasteiger partial charge in [0.1, 0.15) is 0 Å². The Morgan fingerprint density at radius 3 is 2.72 bits per heavy atom. The predicted molar refractivity (Wildman–Crippen MR) is 139 cm³/mol. The van der Waals surface area contributed by atoms with E-state index in [9.17, 15) is 0 Å². The number of hydrogen-bond acceptors (Lipinski definition) is 4. The van der Waals surface area contributed by atoms with Crippen LogP contribution in [0.15, 0.2) is 51.9 Å². The smallest absolute Gasteiger partial charge is 0.164 e. The van der Waals surface area contributed by atoms with Crippen molar-refractivity contribution in [1.82, 2.24) is 9.80 Å². The average Bonchev–Trinajstić information content (AvgIpc) is 3.49. The van der Waals surface area contributed by atoms with Crippen molar-refractivity contribution < 1.29 is 0 Å². The van der Waals surface area contributed by atoms with E-state index >= 15 is 0 Å². The lowest BCUT2D eigenvalue weighted by molar-refractivity contribution is 0.135. The number of nitrogens with zero attached hydrogens (tertiary/aromatic N) is 3. The first-order valence-corrected chi connectivity index (χ1v) is 14.0. The Labute approximate surface area is 199 Å². The minimum Gasteiger partial charge on any atom is -0.349 e. The first-order chi connectivity index (χ1) is 15.7. The van der Waals surface area contributed by atoms with Crippen molar-refractivity contribution in [3.05, 3.63) is 46.9 Å². The Kier molecular flexibility index (Phi) is 7.59. The number of amidine groups is 1. The van der Waals surface area contributed by atoms with Crippen molar-refractivity contribution in [1.29, 1.82) is 0 Å². The first kappa shape index (κ1) is 22.5. The molecule has 0 N–H and O–H groups in total. The highest BCUT2D eigenvalue weighted by atomic mass is 32.2. The van der Waals surface area contributed by atoms with Crippen LogP contribution in [0, 0.1) is 17.8 Å². The van der Waals surface area contributed by atoms with Crippen LogP contribution >= 0.6 is 11.8 Å². The summed E-state index contributed by atoms with van der Waals surface area (Å²) in [5, 5.41) is 1.30. The van der Waals surface area contributed by atoms with Crippen molar-refractivity contribution in [3.63, 3.8) is 0 Å². The summed E-state index contributed by atoms with van der Waals surface area (Å²) in [7, 11) is 0. The molecule has 3 fully saturated rings. The molecule has 3 atom stereocenters. The molecule has 0 aromatic carbocycles. The quantitative estimate of drug-likeness (QED) is 0.481. The summed E-state index contributed by atoms with van der Waals surface area (Å²) in [4.78, 5) is 11.8. The van der Waals surface area contributed by atoms with Crippen LogP contribution in [0.25, 0.3) is 0 Å². The van der Waals surface area contributed by atoms with Crippen LogP contribution in [-0.2, 0) is 0 Å². The molecule has 0 aromatic heterocycles. The molecule has 2 saturated carbocycles. The van der Waals surface area contributed by atoms with Gasteiger partial charge in [-0.2, -0.15) is 0 Å². The third kappa shape index (κ3) is 5.62. The summed E-state index contributed by atoms with van der Waals surface area (Å²) in [5.74, 6) is 2.22.